The molecule has 0 aliphatic carbocycles. The SMILES string of the molecule is CCOC(=O)C1=C(C)N=c2sc(=Cc3ccc(C(=O)O)cc3)c(=O)n2C1c1ccc(OC)cc1OC. The molecule has 0 amide bonds. The molecule has 0 saturated carbocycles. The Morgan fingerprint density at radius 3 is 2.47 bits per heavy atom. The Balaban J connectivity index is 1.95. The zero-order valence-corrected chi connectivity index (χ0v) is 20.9. The maximum absolute atomic E-state index is 13.7. The third-order valence-corrected chi connectivity index (χ3v) is 6.69. The van der Waals surface area contributed by atoms with Gasteiger partial charge in [0, 0.05) is 11.6 Å². The fraction of sp³-hybridized carbons (Fsp3) is 0.231. The molecule has 0 bridgehead atoms. The van der Waals surface area contributed by atoms with Crippen LogP contribution < -0.4 is 24.4 Å². The van der Waals surface area contributed by atoms with Crippen LogP contribution in [0.1, 0.15) is 41.4 Å². The molecule has 2 aromatic carbocycles. The van der Waals surface area contributed by atoms with Crippen molar-refractivity contribution < 1.29 is 28.9 Å². The van der Waals surface area contributed by atoms with Gasteiger partial charge in [-0.1, -0.05) is 23.5 Å². The number of carboxylic acids is 1. The molecule has 1 aliphatic rings. The Morgan fingerprint density at radius 1 is 1.14 bits per heavy atom. The highest BCUT2D eigenvalue weighted by Gasteiger charge is 2.35. The van der Waals surface area contributed by atoms with Gasteiger partial charge in [-0.05, 0) is 49.8 Å². The molecule has 3 aromatic rings. The Labute approximate surface area is 210 Å². The Hall–Kier alpha value is -4.18. The smallest absolute Gasteiger partial charge is 0.338 e. The number of esters is 1. The first-order chi connectivity index (χ1) is 17.3. The normalized spacial score (nSPS) is 15.2. The van der Waals surface area contributed by atoms with E-state index in [1.807, 2.05) is 0 Å². The summed E-state index contributed by atoms with van der Waals surface area (Å²) in [5.74, 6) is -0.600. The molecule has 1 N–H and O–H groups in total. The molecule has 1 atom stereocenters. The number of methoxy groups -OCH3 is 2. The van der Waals surface area contributed by atoms with Gasteiger partial charge in [0.2, 0.25) is 0 Å². The second kappa shape index (κ2) is 10.2. The predicted octanol–water partition coefficient (Wildman–Crippen LogP) is 2.51. The fourth-order valence-electron chi connectivity index (χ4n) is 4.00. The van der Waals surface area contributed by atoms with Gasteiger partial charge in [0.15, 0.2) is 4.80 Å². The summed E-state index contributed by atoms with van der Waals surface area (Å²) in [6.07, 6.45) is 1.67. The van der Waals surface area contributed by atoms with E-state index < -0.39 is 18.0 Å². The molecule has 1 aliphatic heterocycles. The van der Waals surface area contributed by atoms with Crippen molar-refractivity contribution >= 4 is 29.4 Å². The van der Waals surface area contributed by atoms with Crippen molar-refractivity contribution in [1.29, 1.82) is 0 Å². The number of allylic oxidation sites excluding steroid dienone is 1. The molecule has 0 saturated heterocycles. The van der Waals surface area contributed by atoms with Crippen molar-refractivity contribution in [2.45, 2.75) is 19.9 Å². The van der Waals surface area contributed by atoms with Crippen molar-refractivity contribution in [3.05, 3.63) is 90.1 Å². The number of carbonyl (C=O) groups excluding carboxylic acids is 1. The lowest BCUT2D eigenvalue weighted by Crippen LogP contribution is -2.40. The molecule has 9 nitrogen and oxygen atoms in total. The minimum atomic E-state index is -1.03. The minimum Gasteiger partial charge on any atom is -0.497 e. The Morgan fingerprint density at radius 2 is 1.86 bits per heavy atom. The standard InChI is InChI=1S/C26H24N2O7S/c1-5-35-25(32)21-14(2)27-26-28(22(21)18-11-10-17(33-3)13-19(18)34-4)23(29)20(36-26)12-15-6-8-16(9-7-15)24(30)31/h6-13,22H,5H2,1-4H3,(H,30,31). The molecule has 2 heterocycles. The highest BCUT2D eigenvalue weighted by atomic mass is 32.1. The van der Waals surface area contributed by atoms with Crippen molar-refractivity contribution in [2.24, 2.45) is 4.99 Å². The lowest BCUT2D eigenvalue weighted by Gasteiger charge is -2.26. The van der Waals surface area contributed by atoms with Crippen LogP contribution in [0.25, 0.3) is 6.08 Å². The van der Waals surface area contributed by atoms with E-state index in [0.29, 0.717) is 37.7 Å². The molecule has 0 fully saturated rings. The number of hydrogen-bond acceptors (Lipinski definition) is 8. The Bertz CT molecular complexity index is 1550. The number of benzene rings is 2. The number of aromatic nitrogens is 1. The highest BCUT2D eigenvalue weighted by molar-refractivity contribution is 7.07. The zero-order chi connectivity index (χ0) is 26.0. The molecule has 1 unspecified atom stereocenters. The second-order valence-electron chi connectivity index (χ2n) is 7.84. The van der Waals surface area contributed by atoms with E-state index >= 15 is 0 Å². The zero-order valence-electron chi connectivity index (χ0n) is 20.1. The van der Waals surface area contributed by atoms with E-state index in [0.717, 1.165) is 0 Å². The summed E-state index contributed by atoms with van der Waals surface area (Å²) in [6.45, 7) is 3.58. The van der Waals surface area contributed by atoms with Crippen LogP contribution in [-0.2, 0) is 9.53 Å². The van der Waals surface area contributed by atoms with Gasteiger partial charge in [0.05, 0.1) is 42.2 Å². The van der Waals surface area contributed by atoms with Crippen molar-refractivity contribution in [3.63, 3.8) is 0 Å². The first kappa shape index (κ1) is 24.9. The highest BCUT2D eigenvalue weighted by Crippen LogP contribution is 2.37. The van der Waals surface area contributed by atoms with Crippen LogP contribution >= 0.6 is 11.3 Å². The van der Waals surface area contributed by atoms with Gasteiger partial charge in [0.25, 0.3) is 5.56 Å². The summed E-state index contributed by atoms with van der Waals surface area (Å²) in [5.41, 5.74) is 1.72. The Kier molecular flexibility index (Phi) is 7.07. The largest absolute Gasteiger partial charge is 0.497 e. The van der Waals surface area contributed by atoms with Crippen LogP contribution in [0.3, 0.4) is 0 Å². The molecular formula is C26H24N2O7S. The molecule has 0 spiro atoms. The van der Waals surface area contributed by atoms with E-state index in [1.54, 1.807) is 50.3 Å². The van der Waals surface area contributed by atoms with Gasteiger partial charge >= 0.3 is 11.9 Å². The second-order valence-corrected chi connectivity index (χ2v) is 8.85. The van der Waals surface area contributed by atoms with Gasteiger partial charge in [-0.3, -0.25) is 9.36 Å². The van der Waals surface area contributed by atoms with E-state index in [4.69, 9.17) is 19.3 Å². The minimum absolute atomic E-state index is 0.148. The van der Waals surface area contributed by atoms with Gasteiger partial charge in [-0.25, -0.2) is 14.6 Å². The number of hydrogen-bond donors (Lipinski definition) is 1. The fourth-order valence-corrected chi connectivity index (χ4v) is 5.05. The lowest BCUT2D eigenvalue weighted by molar-refractivity contribution is -0.139. The van der Waals surface area contributed by atoms with Crippen LogP contribution in [0.2, 0.25) is 0 Å². The van der Waals surface area contributed by atoms with Gasteiger partial charge in [0.1, 0.15) is 17.5 Å². The maximum Gasteiger partial charge on any atom is 0.338 e. The molecule has 186 valence electrons. The van der Waals surface area contributed by atoms with E-state index in [9.17, 15) is 14.4 Å². The third kappa shape index (κ3) is 4.55. The number of fused-ring (bicyclic) bond motifs is 1. The summed E-state index contributed by atoms with van der Waals surface area (Å²) in [5, 5.41) is 9.13. The van der Waals surface area contributed by atoms with Crippen LogP contribution in [0.5, 0.6) is 11.5 Å². The number of nitrogens with zero attached hydrogens (tertiary/aromatic N) is 2. The number of aromatic carboxylic acids is 1. The summed E-state index contributed by atoms with van der Waals surface area (Å²) < 4.78 is 18.1. The number of ether oxygens (including phenoxy) is 3. The summed E-state index contributed by atoms with van der Waals surface area (Å²) in [6, 6.07) is 10.5. The van der Waals surface area contributed by atoms with E-state index in [-0.39, 0.29) is 23.3 Å². The molecule has 4 rings (SSSR count). The number of carboxylic acid groups (broad SMARTS) is 1. The van der Waals surface area contributed by atoms with E-state index in [2.05, 4.69) is 4.99 Å². The summed E-state index contributed by atoms with van der Waals surface area (Å²) in [4.78, 5) is 42.8. The third-order valence-electron chi connectivity index (χ3n) is 5.71. The molecule has 1 aromatic heterocycles. The van der Waals surface area contributed by atoms with Gasteiger partial charge in [-0.15, -0.1) is 0 Å². The number of thiazole rings is 1. The van der Waals surface area contributed by atoms with Crippen LogP contribution in [-0.4, -0.2) is 42.4 Å². The van der Waals surface area contributed by atoms with Crippen molar-refractivity contribution in [1.82, 2.24) is 4.57 Å². The first-order valence-corrected chi connectivity index (χ1v) is 11.9. The van der Waals surface area contributed by atoms with Crippen LogP contribution in [0.4, 0.5) is 0 Å². The molecule has 10 heteroatoms. The molecule has 0 radical (unpaired) electrons. The topological polar surface area (TPSA) is 116 Å². The summed E-state index contributed by atoms with van der Waals surface area (Å²) >= 11 is 1.18. The number of carbonyl (C=O) groups is 2. The molecule has 36 heavy (non-hydrogen) atoms. The predicted molar refractivity (Wildman–Crippen MR) is 133 cm³/mol. The monoisotopic (exact) mass is 508 g/mol. The summed E-state index contributed by atoms with van der Waals surface area (Å²) in [7, 11) is 3.04. The lowest BCUT2D eigenvalue weighted by atomic mass is 9.95. The van der Waals surface area contributed by atoms with Crippen LogP contribution in [0.15, 0.2) is 63.5 Å². The van der Waals surface area contributed by atoms with E-state index in [1.165, 1.54) is 42.3 Å². The van der Waals surface area contributed by atoms with Crippen LogP contribution in [0, 0.1) is 0 Å². The average molecular weight is 509 g/mol. The van der Waals surface area contributed by atoms with Gasteiger partial charge in [-0.2, -0.15) is 0 Å². The average Bonchev–Trinajstić information content (AvgIpc) is 3.17. The maximum atomic E-state index is 13.7. The molecular weight excluding hydrogens is 484 g/mol. The van der Waals surface area contributed by atoms with Crippen molar-refractivity contribution in [2.75, 3.05) is 20.8 Å². The first-order valence-electron chi connectivity index (χ1n) is 11.0. The quantitative estimate of drug-likeness (QED) is 0.488. The van der Waals surface area contributed by atoms with Crippen molar-refractivity contribution in [3.8, 4) is 11.5 Å². The van der Waals surface area contributed by atoms with Gasteiger partial charge < -0.3 is 19.3 Å². The number of rotatable bonds is 7.